The molecule has 37 heavy (non-hydrogen) atoms. The summed E-state index contributed by atoms with van der Waals surface area (Å²) in [5.41, 5.74) is 5.31. The summed E-state index contributed by atoms with van der Waals surface area (Å²) in [5, 5.41) is 0. The number of aromatic nitrogens is 2. The van der Waals surface area contributed by atoms with E-state index in [0.29, 0.717) is 32.1 Å². The zero-order valence-electron chi connectivity index (χ0n) is 21.1. The highest BCUT2D eigenvalue weighted by Gasteiger charge is 2.27. The Morgan fingerprint density at radius 1 is 0.973 bits per heavy atom. The van der Waals surface area contributed by atoms with Gasteiger partial charge >= 0.3 is 0 Å². The van der Waals surface area contributed by atoms with Crippen LogP contribution in [0.2, 0.25) is 0 Å². The number of carbonyl (C=O) groups is 1. The van der Waals surface area contributed by atoms with Crippen molar-refractivity contribution in [2.45, 2.75) is 13.3 Å². The van der Waals surface area contributed by atoms with Gasteiger partial charge in [-0.25, -0.2) is 14.4 Å². The number of piperazine rings is 1. The average Bonchev–Trinajstić information content (AvgIpc) is 2.94. The van der Waals surface area contributed by atoms with Crippen LogP contribution < -0.4 is 9.64 Å². The number of hydrogen-bond donors (Lipinski definition) is 0. The first kappa shape index (κ1) is 24.5. The van der Waals surface area contributed by atoms with Crippen LogP contribution in [0.3, 0.4) is 0 Å². The van der Waals surface area contributed by atoms with E-state index in [1.54, 1.807) is 19.2 Å². The third-order valence-corrected chi connectivity index (χ3v) is 6.82. The number of halogens is 1. The van der Waals surface area contributed by atoms with E-state index in [4.69, 9.17) is 4.74 Å². The van der Waals surface area contributed by atoms with Crippen LogP contribution >= 0.6 is 0 Å². The summed E-state index contributed by atoms with van der Waals surface area (Å²) in [6.07, 6.45) is 4.28. The molecule has 0 spiro atoms. The van der Waals surface area contributed by atoms with E-state index in [9.17, 15) is 9.18 Å². The Hall–Kier alpha value is -4.20. The predicted molar refractivity (Wildman–Crippen MR) is 142 cm³/mol. The fourth-order valence-corrected chi connectivity index (χ4v) is 4.93. The van der Waals surface area contributed by atoms with Gasteiger partial charge in [-0.05, 0) is 47.8 Å². The van der Waals surface area contributed by atoms with Crippen LogP contribution in [0, 0.1) is 5.82 Å². The molecule has 1 saturated heterocycles. The second kappa shape index (κ2) is 10.8. The summed E-state index contributed by atoms with van der Waals surface area (Å²) < 4.78 is 18.8. The number of rotatable bonds is 6. The van der Waals surface area contributed by atoms with Gasteiger partial charge in [-0.1, -0.05) is 42.5 Å². The monoisotopic (exact) mass is 499 g/mol. The van der Waals surface area contributed by atoms with E-state index in [-0.39, 0.29) is 18.3 Å². The molecule has 7 nitrogen and oxygen atoms in total. The zero-order valence-corrected chi connectivity index (χ0v) is 21.1. The van der Waals surface area contributed by atoms with Crippen molar-refractivity contribution in [3.63, 3.8) is 0 Å². The van der Waals surface area contributed by atoms with E-state index >= 15 is 0 Å². The molecular weight excluding hydrogens is 469 g/mol. The molecular formula is C29H30FN5O2. The van der Waals surface area contributed by atoms with Gasteiger partial charge in [-0.3, -0.25) is 4.79 Å². The van der Waals surface area contributed by atoms with Gasteiger partial charge in [0.25, 0.3) is 0 Å². The van der Waals surface area contributed by atoms with Crippen molar-refractivity contribution in [2.75, 3.05) is 44.7 Å². The number of carbonyl (C=O) groups excluding carboxylic acids is 1. The van der Waals surface area contributed by atoms with Crippen LogP contribution in [-0.4, -0.2) is 65.5 Å². The number of benzene rings is 2. The van der Waals surface area contributed by atoms with Crippen LogP contribution in [0.25, 0.3) is 11.3 Å². The molecule has 0 bridgehead atoms. The third kappa shape index (κ3) is 5.48. The molecule has 3 aromatic rings. The minimum atomic E-state index is -0.260. The first-order valence-corrected chi connectivity index (χ1v) is 12.4. The Bertz CT molecular complexity index is 1320. The predicted octanol–water partition coefficient (Wildman–Crippen LogP) is 4.45. The van der Waals surface area contributed by atoms with Gasteiger partial charge in [-0.15, -0.1) is 0 Å². The lowest BCUT2D eigenvalue weighted by Gasteiger charge is -2.37. The van der Waals surface area contributed by atoms with Gasteiger partial charge in [0.2, 0.25) is 11.8 Å². The molecule has 0 radical (unpaired) electrons. The van der Waals surface area contributed by atoms with Crippen molar-refractivity contribution in [1.29, 1.82) is 0 Å². The number of nitrogens with zero attached hydrogens (tertiary/aromatic N) is 5. The van der Waals surface area contributed by atoms with Crippen LogP contribution in [0.15, 0.2) is 78.8 Å². The summed E-state index contributed by atoms with van der Waals surface area (Å²) in [6.45, 7) is 4.92. The molecule has 0 N–H and O–H groups in total. The Balaban J connectivity index is 1.34. The van der Waals surface area contributed by atoms with Crippen LogP contribution in [0.4, 0.5) is 10.2 Å². The van der Waals surface area contributed by atoms with Crippen LogP contribution in [0.1, 0.15) is 24.5 Å². The first-order valence-electron chi connectivity index (χ1n) is 12.4. The highest BCUT2D eigenvalue weighted by molar-refractivity contribution is 5.85. The number of anilines is 1. The van der Waals surface area contributed by atoms with Crippen molar-refractivity contribution in [3.05, 3.63) is 95.7 Å². The van der Waals surface area contributed by atoms with Gasteiger partial charge in [0.15, 0.2) is 0 Å². The Labute approximate surface area is 216 Å². The van der Waals surface area contributed by atoms with E-state index in [1.807, 2.05) is 35.4 Å². The average molecular weight is 500 g/mol. The quantitative estimate of drug-likeness (QED) is 0.500. The highest BCUT2D eigenvalue weighted by Crippen LogP contribution is 2.36. The smallest absolute Gasteiger partial charge is 0.242 e. The summed E-state index contributed by atoms with van der Waals surface area (Å²) in [6, 6.07) is 18.5. The maximum absolute atomic E-state index is 13.5. The molecule has 1 fully saturated rings. The maximum Gasteiger partial charge on any atom is 0.242 e. The molecule has 2 aromatic carbocycles. The van der Waals surface area contributed by atoms with E-state index in [2.05, 4.69) is 38.8 Å². The largest absolute Gasteiger partial charge is 0.481 e. The topological polar surface area (TPSA) is 61.8 Å². The standard InChI is InChI=1S/C29H30FN5O2/c1-21-16-24(22-8-10-25(30)11-9-22)18-35(29(21)23-6-4-3-5-7-23)19-28(36)34-14-12-33(13-15-34)26-17-27(37-2)32-20-31-26/h3-11,17-18,20H,12-16,19H2,1-2H3. The lowest BCUT2D eigenvalue weighted by atomic mass is 9.92. The van der Waals surface area contributed by atoms with Crippen molar-refractivity contribution in [2.24, 2.45) is 0 Å². The normalized spacial score (nSPS) is 16.1. The molecule has 0 unspecified atom stereocenters. The number of methoxy groups -OCH3 is 1. The molecule has 0 atom stereocenters. The molecule has 5 rings (SSSR count). The summed E-state index contributed by atoms with van der Waals surface area (Å²) in [7, 11) is 1.58. The first-order chi connectivity index (χ1) is 18.0. The molecule has 2 aliphatic heterocycles. The summed E-state index contributed by atoms with van der Waals surface area (Å²) >= 11 is 0. The van der Waals surface area contributed by atoms with Crippen molar-refractivity contribution < 1.29 is 13.9 Å². The van der Waals surface area contributed by atoms with Gasteiger partial charge in [0, 0.05) is 44.1 Å². The number of hydrogen-bond acceptors (Lipinski definition) is 6. The molecule has 1 amide bonds. The Morgan fingerprint density at radius 2 is 1.70 bits per heavy atom. The lowest BCUT2D eigenvalue weighted by Crippen LogP contribution is -2.51. The van der Waals surface area contributed by atoms with Crippen molar-refractivity contribution >= 4 is 23.0 Å². The second-order valence-electron chi connectivity index (χ2n) is 9.25. The SMILES string of the molecule is COc1cc(N2CCN(C(=O)CN3C=C(c4ccc(F)cc4)CC(C)=C3c3ccccc3)CC2)ncn1. The Kier molecular flexibility index (Phi) is 7.16. The third-order valence-electron chi connectivity index (χ3n) is 6.82. The van der Waals surface area contributed by atoms with Gasteiger partial charge < -0.3 is 19.4 Å². The zero-order chi connectivity index (χ0) is 25.8. The van der Waals surface area contributed by atoms with Crippen LogP contribution in [-0.2, 0) is 4.79 Å². The van der Waals surface area contributed by atoms with Crippen molar-refractivity contribution in [1.82, 2.24) is 19.8 Å². The minimum Gasteiger partial charge on any atom is -0.481 e. The van der Waals surface area contributed by atoms with E-state index < -0.39 is 0 Å². The van der Waals surface area contributed by atoms with Gasteiger partial charge in [0.05, 0.1) is 7.11 Å². The number of amides is 1. The van der Waals surface area contributed by atoms with Gasteiger partial charge in [-0.2, -0.15) is 0 Å². The molecule has 0 saturated carbocycles. The molecule has 3 heterocycles. The molecule has 0 aliphatic carbocycles. The number of allylic oxidation sites excluding steroid dienone is 2. The fraction of sp³-hybridized carbons (Fsp3) is 0.276. The number of ether oxygens (including phenoxy) is 1. The lowest BCUT2D eigenvalue weighted by molar-refractivity contribution is -0.131. The molecule has 190 valence electrons. The molecule has 1 aromatic heterocycles. The van der Waals surface area contributed by atoms with Crippen LogP contribution in [0.5, 0.6) is 5.88 Å². The molecule has 2 aliphatic rings. The highest BCUT2D eigenvalue weighted by atomic mass is 19.1. The second-order valence-corrected chi connectivity index (χ2v) is 9.25. The van der Waals surface area contributed by atoms with Gasteiger partial charge in [0.1, 0.15) is 24.5 Å². The van der Waals surface area contributed by atoms with Crippen molar-refractivity contribution in [3.8, 4) is 5.88 Å². The fourth-order valence-electron chi connectivity index (χ4n) is 4.93. The summed E-state index contributed by atoms with van der Waals surface area (Å²) in [5.74, 6) is 1.13. The van der Waals surface area contributed by atoms with E-state index in [1.165, 1.54) is 24.0 Å². The van der Waals surface area contributed by atoms with E-state index in [0.717, 1.165) is 34.6 Å². The molecule has 8 heteroatoms. The minimum absolute atomic E-state index is 0.0674. The Morgan fingerprint density at radius 3 is 2.41 bits per heavy atom. The maximum atomic E-state index is 13.5. The summed E-state index contributed by atoms with van der Waals surface area (Å²) in [4.78, 5) is 28.0.